The molecule has 1 saturated heterocycles. The third kappa shape index (κ3) is 4.40. The third-order valence-corrected chi connectivity index (χ3v) is 5.17. The number of nitrogens with zero attached hydrogens (tertiary/aromatic N) is 3. The van der Waals surface area contributed by atoms with Crippen molar-refractivity contribution >= 4 is 16.0 Å². The van der Waals surface area contributed by atoms with Crippen molar-refractivity contribution in [3.8, 4) is 6.07 Å². The van der Waals surface area contributed by atoms with Gasteiger partial charge in [-0.2, -0.15) is 18.0 Å². The van der Waals surface area contributed by atoms with Gasteiger partial charge in [-0.15, -0.1) is 0 Å². The minimum Gasteiger partial charge on any atom is -0.368 e. The second kappa shape index (κ2) is 7.54. The Labute approximate surface area is 131 Å². The Bertz CT molecular complexity index is 641. The van der Waals surface area contributed by atoms with E-state index >= 15 is 0 Å². The maximum atomic E-state index is 12.2. The Balaban J connectivity index is 1.82. The van der Waals surface area contributed by atoms with E-state index in [-0.39, 0.29) is 6.54 Å². The zero-order valence-corrected chi connectivity index (χ0v) is 13.4. The molecule has 22 heavy (non-hydrogen) atoms. The van der Waals surface area contributed by atoms with E-state index in [0.29, 0.717) is 36.9 Å². The number of anilines is 1. The van der Waals surface area contributed by atoms with E-state index in [0.717, 1.165) is 12.8 Å². The number of rotatable bonds is 6. The highest BCUT2D eigenvalue weighted by Gasteiger charge is 2.26. The zero-order chi connectivity index (χ0) is 16.0. The fourth-order valence-electron chi connectivity index (χ4n) is 2.45. The van der Waals surface area contributed by atoms with Gasteiger partial charge in [0.2, 0.25) is 0 Å². The first-order valence-electron chi connectivity index (χ1n) is 7.36. The van der Waals surface area contributed by atoms with Crippen LogP contribution in [0.3, 0.4) is 0 Å². The monoisotopic (exact) mass is 323 g/mol. The number of hydrogen-bond acceptors (Lipinski definition) is 5. The molecule has 1 aromatic rings. The summed E-state index contributed by atoms with van der Waals surface area (Å²) in [4.78, 5) is 4.06. The van der Waals surface area contributed by atoms with Gasteiger partial charge in [0.1, 0.15) is 11.9 Å². The molecule has 0 spiro atoms. The molecule has 0 bridgehead atoms. The number of piperidine rings is 1. The molecule has 1 atom stereocenters. The summed E-state index contributed by atoms with van der Waals surface area (Å²) in [7, 11) is -3.43. The summed E-state index contributed by atoms with van der Waals surface area (Å²) in [6.07, 6.45) is 3.56. The number of pyridine rings is 1. The molecule has 1 aliphatic rings. The highest BCUT2D eigenvalue weighted by molar-refractivity contribution is 7.87. The van der Waals surface area contributed by atoms with Gasteiger partial charge in [-0.25, -0.2) is 9.71 Å². The summed E-state index contributed by atoms with van der Waals surface area (Å²) in [5.41, 5.74) is 0.440. The molecule has 0 saturated carbocycles. The van der Waals surface area contributed by atoms with Crippen LogP contribution in [-0.4, -0.2) is 43.9 Å². The zero-order valence-electron chi connectivity index (χ0n) is 12.6. The van der Waals surface area contributed by atoms with Crippen molar-refractivity contribution in [2.24, 2.45) is 5.92 Å². The summed E-state index contributed by atoms with van der Waals surface area (Å²) in [6.45, 7) is 3.82. The van der Waals surface area contributed by atoms with Crippen molar-refractivity contribution in [2.75, 3.05) is 31.5 Å². The van der Waals surface area contributed by atoms with Crippen LogP contribution in [0.1, 0.15) is 25.3 Å². The molecule has 0 amide bonds. The molecule has 2 rings (SSSR count). The predicted octanol–water partition coefficient (Wildman–Crippen LogP) is 0.931. The maximum Gasteiger partial charge on any atom is 0.279 e. The van der Waals surface area contributed by atoms with Gasteiger partial charge < -0.3 is 5.32 Å². The van der Waals surface area contributed by atoms with Crippen LogP contribution in [0.15, 0.2) is 18.3 Å². The molecule has 0 aromatic carbocycles. The lowest BCUT2D eigenvalue weighted by molar-refractivity contribution is 0.278. The van der Waals surface area contributed by atoms with Crippen LogP contribution in [0.25, 0.3) is 0 Å². The van der Waals surface area contributed by atoms with E-state index in [1.165, 1.54) is 4.31 Å². The van der Waals surface area contributed by atoms with E-state index in [4.69, 9.17) is 5.26 Å². The molecular weight excluding hydrogens is 302 g/mol. The van der Waals surface area contributed by atoms with Gasteiger partial charge in [0.25, 0.3) is 10.2 Å². The first-order valence-corrected chi connectivity index (χ1v) is 8.80. The van der Waals surface area contributed by atoms with Crippen LogP contribution in [0.4, 0.5) is 5.82 Å². The molecule has 120 valence electrons. The van der Waals surface area contributed by atoms with Crippen molar-refractivity contribution in [1.29, 1.82) is 5.26 Å². The molecule has 0 unspecified atom stereocenters. The molecule has 1 aliphatic heterocycles. The Morgan fingerprint density at radius 1 is 1.50 bits per heavy atom. The van der Waals surface area contributed by atoms with Crippen LogP contribution < -0.4 is 10.0 Å². The Kier molecular flexibility index (Phi) is 5.71. The topological polar surface area (TPSA) is 98.1 Å². The van der Waals surface area contributed by atoms with Crippen molar-refractivity contribution < 1.29 is 8.42 Å². The van der Waals surface area contributed by atoms with Crippen LogP contribution in [0.5, 0.6) is 0 Å². The fraction of sp³-hybridized carbons (Fsp3) is 0.571. The van der Waals surface area contributed by atoms with Crippen LogP contribution in [-0.2, 0) is 10.2 Å². The van der Waals surface area contributed by atoms with Crippen molar-refractivity contribution in [3.05, 3.63) is 23.9 Å². The Morgan fingerprint density at radius 3 is 3.05 bits per heavy atom. The summed E-state index contributed by atoms with van der Waals surface area (Å²) in [6, 6.07) is 5.38. The minimum atomic E-state index is -3.43. The standard InChI is InChI=1S/C14H21N5O2S/c1-12-4-3-9-19(11-12)22(20,21)18-8-7-17-14-13(10-15)5-2-6-16-14/h2,5-6,12,18H,3-4,7-9,11H2,1H3,(H,16,17)/t12-/m1/s1. The second-order valence-electron chi connectivity index (χ2n) is 5.44. The van der Waals surface area contributed by atoms with Crippen molar-refractivity contribution in [3.63, 3.8) is 0 Å². The predicted molar refractivity (Wildman–Crippen MR) is 84.3 cm³/mol. The quantitative estimate of drug-likeness (QED) is 0.759. The van der Waals surface area contributed by atoms with E-state index in [9.17, 15) is 8.42 Å². The third-order valence-electron chi connectivity index (χ3n) is 3.59. The lowest BCUT2D eigenvalue weighted by Gasteiger charge is -2.30. The van der Waals surface area contributed by atoms with Gasteiger partial charge in [-0.3, -0.25) is 0 Å². The Hall–Kier alpha value is -1.69. The average molecular weight is 323 g/mol. The number of nitriles is 1. The van der Waals surface area contributed by atoms with Gasteiger partial charge in [0.15, 0.2) is 0 Å². The fourth-order valence-corrected chi connectivity index (χ4v) is 3.82. The molecule has 0 radical (unpaired) electrons. The van der Waals surface area contributed by atoms with Gasteiger partial charge in [-0.1, -0.05) is 6.92 Å². The lowest BCUT2D eigenvalue weighted by Crippen LogP contribution is -2.46. The maximum absolute atomic E-state index is 12.2. The normalized spacial score (nSPS) is 19.5. The second-order valence-corrected chi connectivity index (χ2v) is 7.20. The van der Waals surface area contributed by atoms with Gasteiger partial charge in [0.05, 0.1) is 5.56 Å². The molecular formula is C14H21N5O2S. The highest BCUT2D eigenvalue weighted by Crippen LogP contribution is 2.17. The molecule has 2 heterocycles. The molecule has 7 nitrogen and oxygen atoms in total. The molecule has 0 aliphatic carbocycles. The number of hydrogen-bond donors (Lipinski definition) is 2. The summed E-state index contributed by atoms with van der Waals surface area (Å²) < 4.78 is 28.5. The van der Waals surface area contributed by atoms with Gasteiger partial charge in [0, 0.05) is 32.4 Å². The van der Waals surface area contributed by atoms with Gasteiger partial charge in [-0.05, 0) is 30.9 Å². The van der Waals surface area contributed by atoms with Crippen LogP contribution in [0.2, 0.25) is 0 Å². The highest BCUT2D eigenvalue weighted by atomic mass is 32.2. The van der Waals surface area contributed by atoms with E-state index < -0.39 is 10.2 Å². The summed E-state index contributed by atoms with van der Waals surface area (Å²) in [5.74, 6) is 0.867. The largest absolute Gasteiger partial charge is 0.368 e. The first-order chi connectivity index (χ1) is 10.5. The van der Waals surface area contributed by atoms with Crippen molar-refractivity contribution in [2.45, 2.75) is 19.8 Å². The molecule has 1 fully saturated rings. The summed E-state index contributed by atoms with van der Waals surface area (Å²) in [5, 5.41) is 11.9. The van der Waals surface area contributed by atoms with E-state index in [1.54, 1.807) is 18.3 Å². The summed E-state index contributed by atoms with van der Waals surface area (Å²) >= 11 is 0. The van der Waals surface area contributed by atoms with Crippen molar-refractivity contribution in [1.82, 2.24) is 14.0 Å². The van der Waals surface area contributed by atoms with Crippen LogP contribution >= 0.6 is 0 Å². The Morgan fingerprint density at radius 2 is 2.32 bits per heavy atom. The molecule has 1 aromatic heterocycles. The SMILES string of the molecule is C[C@@H]1CCCN(S(=O)(=O)NCCNc2ncccc2C#N)C1. The smallest absolute Gasteiger partial charge is 0.279 e. The lowest BCUT2D eigenvalue weighted by atomic mass is 10.0. The van der Waals surface area contributed by atoms with E-state index in [2.05, 4.69) is 21.9 Å². The average Bonchev–Trinajstić information content (AvgIpc) is 2.52. The molecule has 2 N–H and O–H groups in total. The minimum absolute atomic E-state index is 0.245. The first kappa shape index (κ1) is 16.7. The number of aromatic nitrogens is 1. The van der Waals surface area contributed by atoms with E-state index in [1.807, 2.05) is 6.07 Å². The molecule has 8 heteroatoms. The number of nitrogens with one attached hydrogen (secondary N) is 2. The van der Waals surface area contributed by atoms with Crippen LogP contribution in [0, 0.1) is 17.2 Å². The van der Waals surface area contributed by atoms with Gasteiger partial charge >= 0.3 is 0 Å².